The highest BCUT2D eigenvalue weighted by Crippen LogP contribution is 2.67. The van der Waals surface area contributed by atoms with Crippen molar-refractivity contribution in [2.75, 3.05) is 0 Å². The Kier molecular flexibility index (Phi) is 4.72. The van der Waals surface area contributed by atoms with Crippen molar-refractivity contribution in [2.45, 2.75) is 90.9 Å². The second kappa shape index (κ2) is 6.63. The van der Waals surface area contributed by atoms with Gasteiger partial charge in [-0.2, -0.15) is 0 Å². The maximum atomic E-state index is 13.2. The minimum Gasteiger partial charge on any atom is -0.481 e. The molecule has 1 N–H and O–H groups in total. The van der Waals surface area contributed by atoms with E-state index in [0.717, 1.165) is 19.3 Å². The van der Waals surface area contributed by atoms with Gasteiger partial charge in [0.05, 0.1) is 0 Å². The lowest BCUT2D eigenvalue weighted by Gasteiger charge is -2.59. The Labute approximate surface area is 158 Å². The van der Waals surface area contributed by atoms with Gasteiger partial charge in [-0.25, -0.2) is 0 Å². The lowest BCUT2D eigenvalue weighted by molar-refractivity contribution is -0.155. The summed E-state index contributed by atoms with van der Waals surface area (Å²) >= 11 is 0. The fourth-order valence-electron chi connectivity index (χ4n) is 8.04. The van der Waals surface area contributed by atoms with Gasteiger partial charge in [-0.1, -0.05) is 26.7 Å². The fraction of sp³-hybridized carbons (Fsp3) is 0.913. The number of carboxylic acid groups (broad SMARTS) is 1. The van der Waals surface area contributed by atoms with Crippen LogP contribution in [0.4, 0.5) is 0 Å². The van der Waals surface area contributed by atoms with E-state index in [4.69, 9.17) is 5.11 Å². The van der Waals surface area contributed by atoms with E-state index in [-0.39, 0.29) is 5.41 Å². The minimum absolute atomic E-state index is 0.271. The Balaban J connectivity index is 1.54. The highest BCUT2D eigenvalue weighted by molar-refractivity contribution is 5.83. The summed E-state index contributed by atoms with van der Waals surface area (Å²) in [4.78, 5) is 24.1. The normalized spacial score (nSPS) is 47.8. The van der Waals surface area contributed by atoms with Crippen molar-refractivity contribution in [3.63, 3.8) is 0 Å². The lowest BCUT2D eigenvalue weighted by atomic mass is 9.44. The van der Waals surface area contributed by atoms with Gasteiger partial charge < -0.3 is 5.11 Å². The topological polar surface area (TPSA) is 54.4 Å². The van der Waals surface area contributed by atoms with Crippen LogP contribution in [0.1, 0.15) is 90.9 Å². The molecule has 3 heteroatoms. The third kappa shape index (κ3) is 2.76. The predicted octanol–water partition coefficient (Wildman–Crippen LogP) is 5.47. The number of rotatable bonds is 4. The van der Waals surface area contributed by atoms with Crippen LogP contribution in [0.15, 0.2) is 0 Å². The first-order valence-corrected chi connectivity index (χ1v) is 11.1. The maximum Gasteiger partial charge on any atom is 0.303 e. The second-order valence-electron chi connectivity index (χ2n) is 10.5. The number of hydrogen-bond acceptors (Lipinski definition) is 2. The molecule has 26 heavy (non-hydrogen) atoms. The molecule has 6 unspecified atom stereocenters. The average molecular weight is 361 g/mol. The lowest BCUT2D eigenvalue weighted by Crippen LogP contribution is -2.56. The van der Waals surface area contributed by atoms with Crippen molar-refractivity contribution in [2.24, 2.45) is 40.4 Å². The van der Waals surface area contributed by atoms with Gasteiger partial charge in [-0.15, -0.1) is 0 Å². The number of carboxylic acids is 1. The molecular weight excluding hydrogens is 324 g/mol. The summed E-state index contributed by atoms with van der Waals surface area (Å²) in [6.45, 7) is 4.96. The van der Waals surface area contributed by atoms with Crippen LogP contribution in [0, 0.1) is 40.4 Å². The van der Waals surface area contributed by atoms with Crippen molar-refractivity contribution < 1.29 is 14.7 Å². The summed E-state index contributed by atoms with van der Waals surface area (Å²) in [6, 6.07) is 0. The van der Waals surface area contributed by atoms with E-state index in [0.29, 0.717) is 47.2 Å². The molecule has 4 saturated carbocycles. The van der Waals surface area contributed by atoms with E-state index in [2.05, 4.69) is 13.8 Å². The number of Topliss-reactive ketones (excluding diaryl/α,β-unsaturated/α-hetero) is 1. The molecule has 0 saturated heterocycles. The van der Waals surface area contributed by atoms with Crippen LogP contribution in [0.5, 0.6) is 0 Å². The molecule has 0 amide bonds. The zero-order valence-corrected chi connectivity index (χ0v) is 16.6. The monoisotopic (exact) mass is 360 g/mol. The highest BCUT2D eigenvalue weighted by atomic mass is 16.4. The first-order valence-electron chi connectivity index (χ1n) is 11.1. The molecule has 4 aliphatic rings. The maximum absolute atomic E-state index is 13.2. The molecule has 3 nitrogen and oxygen atoms in total. The average Bonchev–Trinajstić information content (AvgIpc) is 2.92. The van der Waals surface area contributed by atoms with Gasteiger partial charge in [-0.3, -0.25) is 9.59 Å². The summed E-state index contributed by atoms with van der Waals surface area (Å²) in [6.07, 6.45) is 13.1. The van der Waals surface area contributed by atoms with Crippen LogP contribution in [0.25, 0.3) is 0 Å². The van der Waals surface area contributed by atoms with Crippen LogP contribution in [-0.4, -0.2) is 16.9 Å². The van der Waals surface area contributed by atoms with E-state index in [1.807, 2.05) is 0 Å². The number of carbonyl (C=O) groups is 2. The molecule has 0 aromatic carbocycles. The fourth-order valence-corrected chi connectivity index (χ4v) is 8.04. The summed E-state index contributed by atoms with van der Waals surface area (Å²) in [5, 5.41) is 8.97. The molecule has 0 heterocycles. The Bertz CT molecular complexity index is 584. The van der Waals surface area contributed by atoms with Crippen molar-refractivity contribution in [1.82, 2.24) is 0 Å². The van der Waals surface area contributed by atoms with E-state index < -0.39 is 5.97 Å². The van der Waals surface area contributed by atoms with Crippen LogP contribution < -0.4 is 0 Å². The SMILES string of the molecule is CC12CCC3[C@@H](C(=O)CC4CCCCC43C)C1CCC2CCCC(=O)O. The summed E-state index contributed by atoms with van der Waals surface area (Å²) in [7, 11) is 0. The Hall–Kier alpha value is -0.860. The third-order valence-corrected chi connectivity index (χ3v) is 9.53. The zero-order chi connectivity index (χ0) is 18.5. The van der Waals surface area contributed by atoms with E-state index in [9.17, 15) is 9.59 Å². The van der Waals surface area contributed by atoms with Crippen LogP contribution in [-0.2, 0) is 9.59 Å². The van der Waals surface area contributed by atoms with Crippen molar-refractivity contribution in [1.29, 1.82) is 0 Å². The molecule has 4 aliphatic carbocycles. The largest absolute Gasteiger partial charge is 0.481 e. The number of hydrogen-bond donors (Lipinski definition) is 1. The summed E-state index contributed by atoms with van der Waals surface area (Å²) in [5.74, 6) is 2.65. The molecule has 146 valence electrons. The van der Waals surface area contributed by atoms with Crippen molar-refractivity contribution >= 4 is 11.8 Å². The summed E-state index contributed by atoms with van der Waals surface area (Å²) in [5.41, 5.74) is 0.673. The predicted molar refractivity (Wildman–Crippen MR) is 102 cm³/mol. The van der Waals surface area contributed by atoms with E-state index in [1.165, 1.54) is 51.4 Å². The quantitative estimate of drug-likeness (QED) is 0.723. The van der Waals surface area contributed by atoms with Gasteiger partial charge in [0.1, 0.15) is 5.78 Å². The first-order chi connectivity index (χ1) is 12.4. The molecule has 7 atom stereocenters. The van der Waals surface area contributed by atoms with Crippen molar-refractivity contribution in [3.8, 4) is 0 Å². The van der Waals surface area contributed by atoms with Crippen LogP contribution in [0.3, 0.4) is 0 Å². The molecular formula is C23H36O3. The zero-order valence-electron chi connectivity index (χ0n) is 16.6. The van der Waals surface area contributed by atoms with E-state index in [1.54, 1.807) is 0 Å². The molecule has 4 fully saturated rings. The van der Waals surface area contributed by atoms with Crippen LogP contribution in [0.2, 0.25) is 0 Å². The molecule has 0 spiro atoms. The van der Waals surface area contributed by atoms with Gasteiger partial charge in [0.15, 0.2) is 0 Å². The van der Waals surface area contributed by atoms with E-state index >= 15 is 0 Å². The molecule has 0 radical (unpaired) electrons. The summed E-state index contributed by atoms with van der Waals surface area (Å²) < 4.78 is 0. The number of aliphatic carboxylic acids is 1. The standard InChI is InChI=1S/C23H36O3/c1-22-12-4-3-6-16(22)14-19(24)21-17-10-9-15(7-5-8-20(25)26)23(17,2)13-11-18(21)22/h15-18,21H,3-14H2,1-2H3,(H,25,26)/t15?,16?,17?,18?,21-,22?,23?/m0/s1. The molecule has 0 aliphatic heterocycles. The van der Waals surface area contributed by atoms with Gasteiger partial charge in [0, 0.05) is 18.8 Å². The second-order valence-corrected chi connectivity index (χ2v) is 10.5. The molecule has 0 aromatic rings. The molecule has 0 bridgehead atoms. The third-order valence-electron chi connectivity index (χ3n) is 9.53. The number of fused-ring (bicyclic) bond motifs is 5. The smallest absolute Gasteiger partial charge is 0.303 e. The minimum atomic E-state index is -0.674. The Morgan fingerprint density at radius 2 is 1.81 bits per heavy atom. The Morgan fingerprint density at radius 3 is 2.58 bits per heavy atom. The number of ketones is 1. The van der Waals surface area contributed by atoms with Gasteiger partial charge in [-0.05, 0) is 85.9 Å². The molecule has 4 rings (SSSR count). The first kappa shape index (κ1) is 18.5. The van der Waals surface area contributed by atoms with Crippen LogP contribution >= 0.6 is 0 Å². The van der Waals surface area contributed by atoms with Gasteiger partial charge in [0.25, 0.3) is 0 Å². The number of carbonyl (C=O) groups excluding carboxylic acids is 1. The highest BCUT2D eigenvalue weighted by Gasteiger charge is 2.61. The van der Waals surface area contributed by atoms with Gasteiger partial charge >= 0.3 is 5.97 Å². The Morgan fingerprint density at radius 1 is 1.04 bits per heavy atom. The van der Waals surface area contributed by atoms with Crippen molar-refractivity contribution in [3.05, 3.63) is 0 Å². The van der Waals surface area contributed by atoms with Gasteiger partial charge in [0.2, 0.25) is 0 Å². The molecule has 0 aromatic heterocycles.